The molecule has 1 aliphatic carbocycles. The number of nitrogens with two attached hydrogens (primary N) is 1. The third-order valence-corrected chi connectivity index (χ3v) is 4.16. The molecule has 1 atom stereocenters. The first-order chi connectivity index (χ1) is 8.58. The number of fused-ring (bicyclic) bond motifs is 1. The van der Waals surface area contributed by atoms with Crippen LogP contribution < -0.4 is 5.73 Å². The first-order valence-electron chi connectivity index (χ1n) is 6.60. The zero-order chi connectivity index (χ0) is 12.8. The van der Waals surface area contributed by atoms with E-state index >= 15 is 0 Å². The molecule has 2 aromatic rings. The SMILES string of the molecule is CN(C)C(Cc1ccc2[nH]ccc2c1)C1(N)CC1. The average molecular weight is 243 g/mol. The van der Waals surface area contributed by atoms with Crippen molar-refractivity contribution in [3.63, 3.8) is 0 Å². The van der Waals surface area contributed by atoms with Crippen molar-refractivity contribution in [2.45, 2.75) is 30.8 Å². The topological polar surface area (TPSA) is 45.0 Å². The van der Waals surface area contributed by atoms with Crippen molar-refractivity contribution in [3.8, 4) is 0 Å². The number of nitrogens with zero attached hydrogens (tertiary/aromatic N) is 1. The van der Waals surface area contributed by atoms with Gasteiger partial charge in [-0.3, -0.25) is 0 Å². The van der Waals surface area contributed by atoms with E-state index < -0.39 is 0 Å². The molecule has 3 nitrogen and oxygen atoms in total. The van der Waals surface area contributed by atoms with Crippen LogP contribution in [0.25, 0.3) is 10.9 Å². The first-order valence-corrected chi connectivity index (χ1v) is 6.60. The van der Waals surface area contributed by atoms with Crippen LogP contribution in [-0.2, 0) is 6.42 Å². The van der Waals surface area contributed by atoms with Gasteiger partial charge in [0, 0.05) is 23.3 Å². The second-order valence-corrected chi connectivity index (χ2v) is 5.82. The molecule has 0 spiro atoms. The van der Waals surface area contributed by atoms with Crippen LogP contribution >= 0.6 is 0 Å². The maximum Gasteiger partial charge on any atom is 0.0454 e. The lowest BCUT2D eigenvalue weighted by molar-refractivity contribution is 0.240. The highest BCUT2D eigenvalue weighted by atomic mass is 15.1. The number of rotatable bonds is 4. The Morgan fingerprint density at radius 1 is 1.33 bits per heavy atom. The summed E-state index contributed by atoms with van der Waals surface area (Å²) in [5.74, 6) is 0. The third-order valence-electron chi connectivity index (χ3n) is 4.16. The number of H-pyrrole nitrogens is 1. The molecule has 0 radical (unpaired) electrons. The van der Waals surface area contributed by atoms with Gasteiger partial charge in [0.15, 0.2) is 0 Å². The summed E-state index contributed by atoms with van der Waals surface area (Å²) in [5, 5.41) is 1.28. The summed E-state index contributed by atoms with van der Waals surface area (Å²) < 4.78 is 0. The van der Waals surface area contributed by atoms with E-state index in [0.29, 0.717) is 6.04 Å². The molecule has 1 aliphatic rings. The fraction of sp³-hybridized carbons (Fsp3) is 0.467. The normalized spacial score (nSPS) is 19.3. The van der Waals surface area contributed by atoms with Crippen molar-refractivity contribution in [1.29, 1.82) is 0 Å². The number of aromatic nitrogens is 1. The van der Waals surface area contributed by atoms with E-state index in [9.17, 15) is 0 Å². The van der Waals surface area contributed by atoms with E-state index in [4.69, 9.17) is 5.73 Å². The first kappa shape index (κ1) is 11.8. The minimum absolute atomic E-state index is 0.0383. The summed E-state index contributed by atoms with van der Waals surface area (Å²) in [7, 11) is 4.26. The Balaban J connectivity index is 1.85. The van der Waals surface area contributed by atoms with Gasteiger partial charge in [0.2, 0.25) is 0 Å². The highest BCUT2D eigenvalue weighted by Crippen LogP contribution is 2.39. The number of nitrogens with one attached hydrogen (secondary N) is 1. The van der Waals surface area contributed by atoms with Crippen LogP contribution in [0.2, 0.25) is 0 Å². The lowest BCUT2D eigenvalue weighted by atomic mass is 9.96. The molecular formula is C15H21N3. The van der Waals surface area contributed by atoms with E-state index in [0.717, 1.165) is 19.3 Å². The largest absolute Gasteiger partial charge is 0.361 e. The molecule has 0 saturated heterocycles. The number of likely N-dealkylation sites (N-methyl/N-ethyl adjacent to an activating group) is 1. The molecule has 3 N–H and O–H groups in total. The van der Waals surface area contributed by atoms with Crippen LogP contribution in [-0.4, -0.2) is 35.6 Å². The molecule has 3 rings (SSSR count). The van der Waals surface area contributed by atoms with Gasteiger partial charge >= 0.3 is 0 Å². The minimum Gasteiger partial charge on any atom is -0.361 e. The second kappa shape index (κ2) is 4.11. The fourth-order valence-electron chi connectivity index (χ4n) is 2.83. The van der Waals surface area contributed by atoms with E-state index in [-0.39, 0.29) is 5.54 Å². The van der Waals surface area contributed by atoms with Crippen molar-refractivity contribution in [2.24, 2.45) is 5.73 Å². The molecule has 0 bridgehead atoms. The van der Waals surface area contributed by atoms with Gasteiger partial charge in [0.05, 0.1) is 0 Å². The molecule has 1 unspecified atom stereocenters. The molecule has 3 heteroatoms. The molecule has 1 aromatic heterocycles. The Bertz CT molecular complexity index is 552. The Labute approximate surface area is 108 Å². The zero-order valence-electron chi connectivity index (χ0n) is 11.1. The van der Waals surface area contributed by atoms with Crippen molar-refractivity contribution >= 4 is 10.9 Å². The highest BCUT2D eigenvalue weighted by molar-refractivity contribution is 5.79. The van der Waals surface area contributed by atoms with Gasteiger partial charge in [-0.25, -0.2) is 0 Å². The van der Waals surface area contributed by atoms with Gasteiger partial charge in [-0.05, 0) is 62.5 Å². The third kappa shape index (κ3) is 2.04. The predicted molar refractivity (Wildman–Crippen MR) is 75.6 cm³/mol. The van der Waals surface area contributed by atoms with Crippen molar-refractivity contribution in [2.75, 3.05) is 14.1 Å². The zero-order valence-corrected chi connectivity index (χ0v) is 11.1. The fourth-order valence-corrected chi connectivity index (χ4v) is 2.83. The maximum atomic E-state index is 6.38. The molecule has 1 fully saturated rings. The molecular weight excluding hydrogens is 222 g/mol. The Kier molecular flexibility index (Phi) is 2.68. The van der Waals surface area contributed by atoms with Gasteiger partial charge in [0.1, 0.15) is 0 Å². The molecule has 0 amide bonds. The van der Waals surface area contributed by atoms with Gasteiger partial charge in [-0.15, -0.1) is 0 Å². The van der Waals surface area contributed by atoms with E-state index in [1.165, 1.54) is 16.5 Å². The number of hydrogen-bond acceptors (Lipinski definition) is 2. The highest BCUT2D eigenvalue weighted by Gasteiger charge is 2.46. The van der Waals surface area contributed by atoms with E-state index in [1.807, 2.05) is 6.20 Å². The Morgan fingerprint density at radius 2 is 2.11 bits per heavy atom. The minimum atomic E-state index is 0.0383. The van der Waals surface area contributed by atoms with Crippen molar-refractivity contribution in [3.05, 3.63) is 36.0 Å². The maximum absolute atomic E-state index is 6.38. The predicted octanol–water partition coefficient (Wildman–Crippen LogP) is 2.13. The molecule has 1 heterocycles. The Hall–Kier alpha value is -1.32. The molecule has 0 aliphatic heterocycles. The second-order valence-electron chi connectivity index (χ2n) is 5.82. The number of benzene rings is 1. The molecule has 1 saturated carbocycles. The van der Waals surface area contributed by atoms with Gasteiger partial charge in [0.25, 0.3) is 0 Å². The van der Waals surface area contributed by atoms with Crippen LogP contribution in [0.1, 0.15) is 18.4 Å². The van der Waals surface area contributed by atoms with Gasteiger partial charge < -0.3 is 15.6 Å². The van der Waals surface area contributed by atoms with Crippen LogP contribution in [0, 0.1) is 0 Å². The van der Waals surface area contributed by atoms with E-state index in [2.05, 4.69) is 48.2 Å². The molecule has 96 valence electrons. The van der Waals surface area contributed by atoms with Crippen LogP contribution in [0.5, 0.6) is 0 Å². The van der Waals surface area contributed by atoms with Crippen molar-refractivity contribution < 1.29 is 0 Å². The molecule has 1 aromatic carbocycles. The smallest absolute Gasteiger partial charge is 0.0454 e. The Morgan fingerprint density at radius 3 is 2.78 bits per heavy atom. The summed E-state index contributed by atoms with van der Waals surface area (Å²) in [6, 6.07) is 9.20. The van der Waals surface area contributed by atoms with E-state index in [1.54, 1.807) is 0 Å². The summed E-state index contributed by atoms with van der Waals surface area (Å²) in [6.45, 7) is 0. The van der Waals surface area contributed by atoms with Gasteiger partial charge in [-0.1, -0.05) is 6.07 Å². The average Bonchev–Trinajstić information content (AvgIpc) is 2.91. The summed E-state index contributed by atoms with van der Waals surface area (Å²) >= 11 is 0. The number of aromatic amines is 1. The quantitative estimate of drug-likeness (QED) is 0.864. The monoisotopic (exact) mass is 243 g/mol. The standard InChI is InChI=1S/C15H21N3/c1-18(2)14(15(16)6-7-15)10-11-3-4-13-12(9-11)5-8-17-13/h3-5,8-9,14,17H,6-7,10,16H2,1-2H3. The van der Waals surface area contributed by atoms with Gasteiger partial charge in [-0.2, -0.15) is 0 Å². The van der Waals surface area contributed by atoms with Crippen molar-refractivity contribution in [1.82, 2.24) is 9.88 Å². The summed E-state index contributed by atoms with van der Waals surface area (Å²) in [6.07, 6.45) is 5.33. The van der Waals surface area contributed by atoms with Crippen LogP contribution in [0.15, 0.2) is 30.5 Å². The van der Waals surface area contributed by atoms with Crippen LogP contribution in [0.3, 0.4) is 0 Å². The number of hydrogen-bond donors (Lipinski definition) is 2. The lowest BCUT2D eigenvalue weighted by Crippen LogP contribution is -2.47. The van der Waals surface area contributed by atoms with Crippen LogP contribution in [0.4, 0.5) is 0 Å². The lowest BCUT2D eigenvalue weighted by Gasteiger charge is -2.30. The molecule has 18 heavy (non-hydrogen) atoms. The summed E-state index contributed by atoms with van der Waals surface area (Å²) in [4.78, 5) is 5.50. The summed E-state index contributed by atoms with van der Waals surface area (Å²) in [5.41, 5.74) is 9.00.